The third-order valence-electron chi connectivity index (χ3n) is 4.10. The summed E-state index contributed by atoms with van der Waals surface area (Å²) in [6, 6.07) is 6.40. The fourth-order valence-electron chi connectivity index (χ4n) is 2.91. The molecule has 1 aromatic heterocycles. The summed E-state index contributed by atoms with van der Waals surface area (Å²) in [4.78, 5) is 11.6. The van der Waals surface area contributed by atoms with E-state index >= 15 is 0 Å². The summed E-state index contributed by atoms with van der Waals surface area (Å²) in [5.41, 5.74) is 2.72. The third-order valence-corrected chi connectivity index (χ3v) is 4.10. The molecule has 116 valence electrons. The van der Waals surface area contributed by atoms with Gasteiger partial charge in [-0.25, -0.2) is 4.79 Å². The molecule has 0 radical (unpaired) electrons. The molecule has 0 saturated heterocycles. The number of hydrogen-bond donors (Lipinski definition) is 1. The van der Waals surface area contributed by atoms with Gasteiger partial charge in [0, 0.05) is 13.1 Å². The third kappa shape index (κ3) is 3.38. The number of fused-ring (bicyclic) bond motifs is 1. The monoisotopic (exact) mass is 290 g/mol. The van der Waals surface area contributed by atoms with Gasteiger partial charge < -0.3 is 9.73 Å². The Balaban J connectivity index is 2.36. The molecule has 4 heteroatoms. The van der Waals surface area contributed by atoms with Gasteiger partial charge >= 0.3 is 5.76 Å². The van der Waals surface area contributed by atoms with E-state index in [-0.39, 0.29) is 5.76 Å². The molecule has 2 rings (SSSR count). The van der Waals surface area contributed by atoms with Gasteiger partial charge in [-0.05, 0) is 43.0 Å². The number of hydrogen-bond acceptors (Lipinski definition) is 3. The summed E-state index contributed by atoms with van der Waals surface area (Å²) >= 11 is 0. The Kier molecular flexibility index (Phi) is 5.23. The number of benzene rings is 1. The molecule has 4 nitrogen and oxygen atoms in total. The van der Waals surface area contributed by atoms with Crippen molar-refractivity contribution in [1.82, 2.24) is 9.88 Å². The van der Waals surface area contributed by atoms with Crippen LogP contribution in [0.5, 0.6) is 0 Å². The maximum atomic E-state index is 11.6. The van der Waals surface area contributed by atoms with Crippen molar-refractivity contribution < 1.29 is 4.42 Å². The molecule has 21 heavy (non-hydrogen) atoms. The van der Waals surface area contributed by atoms with Crippen molar-refractivity contribution in [1.29, 1.82) is 0 Å². The Labute approximate surface area is 126 Å². The lowest BCUT2D eigenvalue weighted by Crippen LogP contribution is -2.27. The highest BCUT2D eigenvalue weighted by molar-refractivity contribution is 5.73. The molecule has 0 aliphatic heterocycles. The highest BCUT2D eigenvalue weighted by Crippen LogP contribution is 2.28. The van der Waals surface area contributed by atoms with Crippen molar-refractivity contribution >= 4 is 11.1 Å². The molecular weight excluding hydrogens is 264 g/mol. The average molecular weight is 290 g/mol. The Morgan fingerprint density at radius 1 is 1.29 bits per heavy atom. The van der Waals surface area contributed by atoms with Crippen LogP contribution >= 0.6 is 0 Å². The van der Waals surface area contributed by atoms with Crippen LogP contribution in [0, 0.1) is 5.92 Å². The molecule has 1 aromatic carbocycles. The van der Waals surface area contributed by atoms with Gasteiger partial charge in [-0.15, -0.1) is 0 Å². The minimum absolute atomic E-state index is 0.304. The molecule has 0 spiro atoms. The van der Waals surface area contributed by atoms with Crippen LogP contribution in [0.25, 0.3) is 11.1 Å². The van der Waals surface area contributed by atoms with Crippen LogP contribution in [0.2, 0.25) is 0 Å². The highest BCUT2D eigenvalue weighted by atomic mass is 16.4. The summed E-state index contributed by atoms with van der Waals surface area (Å²) in [5, 5.41) is 3.63. The zero-order chi connectivity index (χ0) is 15.4. The highest BCUT2D eigenvalue weighted by Gasteiger charge is 2.19. The molecule has 0 aliphatic rings. The van der Waals surface area contributed by atoms with E-state index in [4.69, 9.17) is 4.42 Å². The largest absolute Gasteiger partial charge is 0.419 e. The first-order valence-electron chi connectivity index (χ1n) is 7.91. The van der Waals surface area contributed by atoms with Crippen LogP contribution in [0.15, 0.2) is 27.4 Å². The second-order valence-electron chi connectivity index (χ2n) is 5.85. The number of aryl methyl sites for hydroxylation is 1. The van der Waals surface area contributed by atoms with Crippen molar-refractivity contribution in [2.45, 2.75) is 46.1 Å². The molecule has 0 bridgehead atoms. The van der Waals surface area contributed by atoms with Crippen LogP contribution < -0.4 is 11.1 Å². The van der Waals surface area contributed by atoms with Crippen molar-refractivity contribution in [2.24, 2.45) is 13.0 Å². The molecule has 0 aliphatic carbocycles. The normalized spacial score (nSPS) is 14.5. The predicted octanol–water partition coefficient (Wildman–Crippen LogP) is 3.61. The first-order valence-corrected chi connectivity index (χ1v) is 7.91. The quantitative estimate of drug-likeness (QED) is 0.847. The molecule has 0 saturated carbocycles. The van der Waals surface area contributed by atoms with Crippen molar-refractivity contribution in [2.75, 3.05) is 6.54 Å². The van der Waals surface area contributed by atoms with Gasteiger partial charge in [0.05, 0.1) is 5.52 Å². The van der Waals surface area contributed by atoms with Gasteiger partial charge in [0.1, 0.15) is 0 Å². The number of aromatic nitrogens is 1. The molecule has 0 amide bonds. The lowest BCUT2D eigenvalue weighted by molar-refractivity contribution is 0.363. The van der Waals surface area contributed by atoms with Gasteiger partial charge in [-0.1, -0.05) is 33.3 Å². The zero-order valence-electron chi connectivity index (χ0n) is 13.5. The fourth-order valence-corrected chi connectivity index (χ4v) is 2.91. The Bertz CT molecular complexity index is 642. The van der Waals surface area contributed by atoms with Gasteiger partial charge in [0.25, 0.3) is 0 Å². The minimum Gasteiger partial charge on any atom is -0.408 e. The Morgan fingerprint density at radius 2 is 2.05 bits per heavy atom. The number of nitrogens with one attached hydrogen (secondary N) is 1. The number of nitrogens with zero attached hydrogens (tertiary/aromatic N) is 1. The number of oxazole rings is 1. The topological polar surface area (TPSA) is 47.2 Å². The van der Waals surface area contributed by atoms with Crippen LogP contribution in [-0.4, -0.2) is 11.1 Å². The fraction of sp³-hybridized carbons (Fsp3) is 0.588. The summed E-state index contributed by atoms with van der Waals surface area (Å²) in [7, 11) is 1.74. The summed E-state index contributed by atoms with van der Waals surface area (Å²) in [6.07, 6.45) is 3.46. The van der Waals surface area contributed by atoms with Gasteiger partial charge in [0.15, 0.2) is 5.58 Å². The first kappa shape index (κ1) is 15.8. The van der Waals surface area contributed by atoms with E-state index in [1.807, 2.05) is 12.1 Å². The van der Waals surface area contributed by atoms with E-state index in [0.717, 1.165) is 18.5 Å². The van der Waals surface area contributed by atoms with E-state index in [1.165, 1.54) is 18.4 Å². The SMILES string of the molecule is CCCNC(c1ccc2c(c1)oc(=O)n2C)C(C)CCC. The van der Waals surface area contributed by atoms with Crippen LogP contribution in [0.3, 0.4) is 0 Å². The molecule has 1 heterocycles. The summed E-state index contributed by atoms with van der Waals surface area (Å²) in [6.45, 7) is 7.67. The van der Waals surface area contributed by atoms with Crippen molar-refractivity contribution in [3.8, 4) is 0 Å². The summed E-state index contributed by atoms with van der Waals surface area (Å²) in [5.74, 6) is 0.247. The van der Waals surface area contributed by atoms with E-state index in [1.54, 1.807) is 11.6 Å². The summed E-state index contributed by atoms with van der Waals surface area (Å²) < 4.78 is 6.86. The van der Waals surface area contributed by atoms with E-state index in [2.05, 4.69) is 32.2 Å². The lowest BCUT2D eigenvalue weighted by atomic mass is 9.90. The first-order chi connectivity index (χ1) is 10.1. The Morgan fingerprint density at radius 3 is 2.71 bits per heavy atom. The van der Waals surface area contributed by atoms with Gasteiger partial charge in [-0.2, -0.15) is 0 Å². The van der Waals surface area contributed by atoms with Gasteiger partial charge in [0.2, 0.25) is 0 Å². The predicted molar refractivity (Wildman–Crippen MR) is 86.6 cm³/mol. The molecule has 0 fully saturated rings. The van der Waals surface area contributed by atoms with Crippen LogP contribution in [-0.2, 0) is 7.05 Å². The Hall–Kier alpha value is -1.55. The molecule has 2 unspecified atom stereocenters. The standard InChI is InChI=1S/C17H26N2O2/c1-5-7-12(3)16(18-10-6-2)13-8-9-14-15(11-13)21-17(20)19(14)4/h8-9,11-12,16,18H,5-7,10H2,1-4H3. The van der Waals surface area contributed by atoms with E-state index in [9.17, 15) is 4.79 Å². The molecule has 1 N–H and O–H groups in total. The van der Waals surface area contributed by atoms with E-state index < -0.39 is 0 Å². The van der Waals surface area contributed by atoms with Gasteiger partial charge in [-0.3, -0.25) is 4.57 Å². The second-order valence-corrected chi connectivity index (χ2v) is 5.85. The number of rotatable bonds is 7. The zero-order valence-corrected chi connectivity index (χ0v) is 13.5. The average Bonchev–Trinajstić information content (AvgIpc) is 2.74. The molecular formula is C17H26N2O2. The maximum Gasteiger partial charge on any atom is 0.419 e. The minimum atomic E-state index is -0.304. The van der Waals surface area contributed by atoms with Crippen LogP contribution in [0.4, 0.5) is 0 Å². The lowest BCUT2D eigenvalue weighted by Gasteiger charge is -2.25. The van der Waals surface area contributed by atoms with E-state index in [0.29, 0.717) is 17.5 Å². The second kappa shape index (κ2) is 6.94. The maximum absolute atomic E-state index is 11.6. The molecule has 2 aromatic rings. The smallest absolute Gasteiger partial charge is 0.408 e. The molecule has 2 atom stereocenters. The van der Waals surface area contributed by atoms with Crippen LogP contribution in [0.1, 0.15) is 51.6 Å². The van der Waals surface area contributed by atoms with Crippen molar-refractivity contribution in [3.05, 3.63) is 34.3 Å². The van der Waals surface area contributed by atoms with Crippen molar-refractivity contribution in [3.63, 3.8) is 0 Å².